The lowest BCUT2D eigenvalue weighted by atomic mass is 10.3. The maximum Gasteiger partial charge on any atom is 0.314 e. The van der Waals surface area contributed by atoms with Gasteiger partial charge in [-0.05, 0) is 22.0 Å². The minimum Gasteiger partial charge on any atom is -0.427 e. The number of nitrogens with one attached hydrogen (secondary N) is 1. The van der Waals surface area contributed by atoms with E-state index in [1.54, 1.807) is 7.05 Å². The van der Waals surface area contributed by atoms with Gasteiger partial charge in [0.05, 0.1) is 15.6 Å². The molecule has 0 atom stereocenters. The van der Waals surface area contributed by atoms with E-state index in [4.69, 9.17) is 4.74 Å². The zero-order valence-corrected chi connectivity index (χ0v) is 11.7. The summed E-state index contributed by atoms with van der Waals surface area (Å²) in [5.41, 5.74) is -0.485. The van der Waals surface area contributed by atoms with Crippen molar-refractivity contribution in [2.24, 2.45) is 0 Å². The van der Waals surface area contributed by atoms with Crippen LogP contribution in [-0.4, -0.2) is 21.9 Å². The van der Waals surface area contributed by atoms with Crippen LogP contribution in [0.25, 0.3) is 0 Å². The summed E-state index contributed by atoms with van der Waals surface area (Å²) in [6.07, 6.45) is 1.39. The fraction of sp³-hybridized carbons (Fsp3) is 0.0909. The first-order chi connectivity index (χ1) is 9.52. The predicted octanol–water partition coefficient (Wildman–Crippen LogP) is 3.12. The molecule has 0 saturated carbocycles. The highest BCUT2D eigenvalue weighted by Crippen LogP contribution is 2.35. The molecule has 1 aromatic carbocycles. The van der Waals surface area contributed by atoms with Crippen molar-refractivity contribution in [3.63, 3.8) is 0 Å². The molecule has 0 radical (unpaired) electrons. The van der Waals surface area contributed by atoms with Gasteiger partial charge < -0.3 is 10.1 Å². The molecule has 20 heavy (non-hydrogen) atoms. The number of halogens is 2. The van der Waals surface area contributed by atoms with Gasteiger partial charge in [0.25, 0.3) is 0 Å². The molecule has 7 nitrogen and oxygen atoms in total. The van der Waals surface area contributed by atoms with Crippen molar-refractivity contribution in [2.45, 2.75) is 0 Å². The molecule has 1 aromatic heterocycles. The number of hydrogen-bond acceptors (Lipinski definition) is 6. The molecule has 2 rings (SSSR count). The number of ether oxygens (including phenoxy) is 1. The molecular formula is C11H8BrFN4O3. The third kappa shape index (κ3) is 2.82. The average molecular weight is 343 g/mol. The number of para-hydroxylation sites is 1. The Hall–Kier alpha value is -2.29. The molecule has 0 amide bonds. The Morgan fingerprint density at radius 1 is 1.50 bits per heavy atom. The van der Waals surface area contributed by atoms with Crippen LogP contribution in [0.4, 0.5) is 16.0 Å². The summed E-state index contributed by atoms with van der Waals surface area (Å²) >= 11 is 3.13. The molecule has 1 N–H and O–H groups in total. The van der Waals surface area contributed by atoms with E-state index in [0.29, 0.717) is 4.47 Å². The van der Waals surface area contributed by atoms with Gasteiger partial charge in [-0.25, -0.2) is 9.37 Å². The minimum atomic E-state index is -0.851. The van der Waals surface area contributed by atoms with Crippen molar-refractivity contribution in [1.29, 1.82) is 0 Å². The Morgan fingerprint density at radius 2 is 2.25 bits per heavy atom. The van der Waals surface area contributed by atoms with Gasteiger partial charge >= 0.3 is 5.69 Å². The first-order valence-electron chi connectivity index (χ1n) is 5.34. The standard InChI is InChI=1S/C11H8BrFN4O3/c1-14-11-15-5-6(12)10(16-11)20-9-7(13)3-2-4-8(9)17(18)19/h2-5H,1H3,(H,14,15,16). The highest BCUT2D eigenvalue weighted by atomic mass is 79.9. The van der Waals surface area contributed by atoms with E-state index in [2.05, 4.69) is 31.2 Å². The van der Waals surface area contributed by atoms with Crippen molar-refractivity contribution in [3.8, 4) is 11.6 Å². The molecule has 0 spiro atoms. The van der Waals surface area contributed by atoms with Crippen molar-refractivity contribution in [3.05, 3.63) is 44.8 Å². The summed E-state index contributed by atoms with van der Waals surface area (Å²) in [4.78, 5) is 18.0. The Kier molecular flexibility index (Phi) is 4.08. The normalized spacial score (nSPS) is 10.2. The molecular weight excluding hydrogens is 335 g/mol. The predicted molar refractivity (Wildman–Crippen MR) is 72.4 cm³/mol. The summed E-state index contributed by atoms with van der Waals surface area (Å²) in [5, 5.41) is 13.6. The van der Waals surface area contributed by atoms with Crippen molar-refractivity contribution in [2.75, 3.05) is 12.4 Å². The third-order valence-corrected chi connectivity index (χ3v) is 2.82. The van der Waals surface area contributed by atoms with Gasteiger partial charge in [0.1, 0.15) is 0 Å². The first kappa shape index (κ1) is 14.1. The van der Waals surface area contributed by atoms with Crippen LogP contribution in [0.3, 0.4) is 0 Å². The van der Waals surface area contributed by atoms with E-state index in [-0.39, 0.29) is 11.8 Å². The maximum atomic E-state index is 13.7. The second kappa shape index (κ2) is 5.78. The molecule has 0 fully saturated rings. The first-order valence-corrected chi connectivity index (χ1v) is 6.13. The Labute approximate surface area is 121 Å². The fourth-order valence-corrected chi connectivity index (χ4v) is 1.65. The number of nitro groups is 1. The van der Waals surface area contributed by atoms with Gasteiger partial charge in [-0.15, -0.1) is 0 Å². The summed E-state index contributed by atoms with van der Waals surface area (Å²) in [7, 11) is 1.60. The number of rotatable bonds is 4. The molecule has 0 aliphatic carbocycles. The lowest BCUT2D eigenvalue weighted by molar-refractivity contribution is -0.385. The van der Waals surface area contributed by atoms with Crippen LogP contribution in [0.15, 0.2) is 28.9 Å². The van der Waals surface area contributed by atoms with Crippen molar-refractivity contribution >= 4 is 27.6 Å². The summed E-state index contributed by atoms with van der Waals surface area (Å²) in [6.45, 7) is 0. The number of aromatic nitrogens is 2. The lowest BCUT2D eigenvalue weighted by Crippen LogP contribution is -2.01. The number of hydrogen-bond donors (Lipinski definition) is 1. The van der Waals surface area contributed by atoms with Gasteiger partial charge in [0, 0.05) is 13.1 Å². The van der Waals surface area contributed by atoms with Crippen LogP contribution in [0, 0.1) is 15.9 Å². The molecule has 104 valence electrons. The zero-order chi connectivity index (χ0) is 14.7. The molecule has 0 aliphatic rings. The highest BCUT2D eigenvalue weighted by Gasteiger charge is 2.21. The topological polar surface area (TPSA) is 90.2 Å². The maximum absolute atomic E-state index is 13.7. The van der Waals surface area contributed by atoms with E-state index >= 15 is 0 Å². The Morgan fingerprint density at radius 3 is 2.90 bits per heavy atom. The number of benzene rings is 1. The smallest absolute Gasteiger partial charge is 0.314 e. The summed E-state index contributed by atoms with van der Waals surface area (Å²) < 4.78 is 19.3. The molecule has 0 bridgehead atoms. The van der Waals surface area contributed by atoms with E-state index in [9.17, 15) is 14.5 Å². The molecule has 9 heteroatoms. The van der Waals surface area contributed by atoms with Crippen molar-refractivity contribution in [1.82, 2.24) is 9.97 Å². The average Bonchev–Trinajstić information content (AvgIpc) is 2.43. The fourth-order valence-electron chi connectivity index (χ4n) is 1.38. The Balaban J connectivity index is 2.47. The van der Waals surface area contributed by atoms with Crippen molar-refractivity contribution < 1.29 is 14.1 Å². The van der Waals surface area contributed by atoms with Gasteiger partial charge in [-0.2, -0.15) is 4.98 Å². The number of anilines is 1. The minimum absolute atomic E-state index is 0.0300. The third-order valence-electron chi connectivity index (χ3n) is 2.28. The van der Waals surface area contributed by atoms with Crippen LogP contribution in [0.2, 0.25) is 0 Å². The van der Waals surface area contributed by atoms with Gasteiger partial charge in [-0.3, -0.25) is 10.1 Å². The number of nitrogens with zero attached hydrogens (tertiary/aromatic N) is 3. The largest absolute Gasteiger partial charge is 0.427 e. The Bertz CT molecular complexity index is 668. The summed E-state index contributed by atoms with van der Waals surface area (Å²) in [6, 6.07) is 3.44. The van der Waals surface area contributed by atoms with E-state index in [1.807, 2.05) is 0 Å². The van der Waals surface area contributed by atoms with Gasteiger partial charge in [-0.1, -0.05) is 6.07 Å². The van der Waals surface area contributed by atoms with Crippen LogP contribution < -0.4 is 10.1 Å². The van der Waals surface area contributed by atoms with Gasteiger partial charge in [0.15, 0.2) is 5.82 Å². The SMILES string of the molecule is CNc1ncc(Br)c(Oc2c(F)cccc2[N+](=O)[O-])n1. The summed E-state index contributed by atoms with van der Waals surface area (Å²) in [5.74, 6) is -1.14. The molecule has 0 unspecified atom stereocenters. The second-order valence-corrected chi connectivity index (χ2v) is 4.40. The molecule has 2 aromatic rings. The lowest BCUT2D eigenvalue weighted by Gasteiger charge is -2.08. The van der Waals surface area contributed by atoms with Crippen LogP contribution in [-0.2, 0) is 0 Å². The van der Waals surface area contributed by atoms with E-state index < -0.39 is 22.2 Å². The van der Waals surface area contributed by atoms with Crippen LogP contribution in [0.1, 0.15) is 0 Å². The monoisotopic (exact) mass is 342 g/mol. The molecule has 0 saturated heterocycles. The zero-order valence-electron chi connectivity index (χ0n) is 10.1. The number of nitro benzene ring substituents is 1. The van der Waals surface area contributed by atoms with E-state index in [0.717, 1.165) is 12.1 Å². The highest BCUT2D eigenvalue weighted by molar-refractivity contribution is 9.10. The molecule has 0 aliphatic heterocycles. The molecule has 1 heterocycles. The van der Waals surface area contributed by atoms with Crippen LogP contribution >= 0.6 is 15.9 Å². The second-order valence-electron chi connectivity index (χ2n) is 3.54. The van der Waals surface area contributed by atoms with Gasteiger partial charge in [0.2, 0.25) is 17.6 Å². The quantitative estimate of drug-likeness (QED) is 0.678. The van der Waals surface area contributed by atoms with E-state index in [1.165, 1.54) is 12.3 Å². The van der Waals surface area contributed by atoms with Crippen LogP contribution in [0.5, 0.6) is 11.6 Å².